The van der Waals surface area contributed by atoms with Crippen LogP contribution in [0, 0.1) is 0 Å². The maximum atomic E-state index is 12.7. The van der Waals surface area contributed by atoms with Crippen LogP contribution in [0.25, 0.3) is 0 Å². The molecule has 1 N–H and O–H groups in total. The molecule has 128 valence electrons. The molecule has 0 fully saturated rings. The van der Waals surface area contributed by atoms with Gasteiger partial charge < -0.3 is 10.2 Å². The maximum Gasteiger partial charge on any atom is 0.255 e. The average molecular weight is 366 g/mol. The van der Waals surface area contributed by atoms with Crippen LogP contribution in [-0.4, -0.2) is 28.9 Å². The molecule has 2 rings (SSSR count). The highest BCUT2D eigenvalue weighted by molar-refractivity contribution is 6.43. The molecule has 1 aromatic carbocycles. The number of amides is 1. The number of hydrogen-bond acceptors (Lipinski definition) is 3. The van der Waals surface area contributed by atoms with E-state index in [4.69, 9.17) is 23.2 Å². The number of nitrogens with one attached hydrogen (secondary N) is 1. The van der Waals surface area contributed by atoms with Crippen molar-refractivity contribution in [2.24, 2.45) is 0 Å². The van der Waals surface area contributed by atoms with Crippen LogP contribution in [0.15, 0.2) is 36.7 Å². The molecule has 4 nitrogen and oxygen atoms in total. The van der Waals surface area contributed by atoms with Crippen LogP contribution >= 0.6 is 23.2 Å². The third-order valence-electron chi connectivity index (χ3n) is 3.49. The lowest BCUT2D eigenvalue weighted by Crippen LogP contribution is -2.32. The summed E-state index contributed by atoms with van der Waals surface area (Å²) in [6.07, 6.45) is 5.09. The zero-order valence-corrected chi connectivity index (χ0v) is 15.4. The van der Waals surface area contributed by atoms with Gasteiger partial charge in [-0.1, -0.05) is 43.1 Å². The molecular weight excluding hydrogens is 345 g/mol. The quantitative estimate of drug-likeness (QED) is 0.714. The third kappa shape index (κ3) is 4.62. The third-order valence-corrected chi connectivity index (χ3v) is 4.31. The lowest BCUT2D eigenvalue weighted by atomic mass is 10.2. The highest BCUT2D eigenvalue weighted by Gasteiger charge is 2.15. The average Bonchev–Trinajstić information content (AvgIpc) is 2.58. The maximum absolute atomic E-state index is 12.7. The summed E-state index contributed by atoms with van der Waals surface area (Å²) in [7, 11) is 0. The molecule has 0 spiro atoms. The first-order valence-electron chi connectivity index (χ1n) is 8.02. The first-order valence-corrected chi connectivity index (χ1v) is 8.77. The second-order valence-corrected chi connectivity index (χ2v) is 6.27. The smallest absolute Gasteiger partial charge is 0.255 e. The molecule has 1 heterocycles. The second kappa shape index (κ2) is 8.90. The molecule has 1 aromatic heterocycles. The summed E-state index contributed by atoms with van der Waals surface area (Å²) in [5.74, 6) is -0.00737. The van der Waals surface area contributed by atoms with Gasteiger partial charge in [-0.05, 0) is 31.0 Å². The Bertz CT molecular complexity index is 700. The van der Waals surface area contributed by atoms with Gasteiger partial charge in [-0.3, -0.25) is 9.78 Å². The number of carbonyl (C=O) groups is 1. The first kappa shape index (κ1) is 18.6. The number of rotatable bonds is 7. The van der Waals surface area contributed by atoms with E-state index in [2.05, 4.69) is 24.1 Å². The molecule has 6 heteroatoms. The van der Waals surface area contributed by atoms with Crippen LogP contribution in [0.5, 0.6) is 0 Å². The number of pyridine rings is 1. The van der Waals surface area contributed by atoms with Gasteiger partial charge in [0, 0.05) is 19.3 Å². The van der Waals surface area contributed by atoms with Crippen molar-refractivity contribution in [1.82, 2.24) is 9.88 Å². The lowest BCUT2D eigenvalue weighted by Gasteiger charge is -2.21. The van der Waals surface area contributed by atoms with Crippen molar-refractivity contribution in [1.29, 1.82) is 0 Å². The predicted octanol–water partition coefficient (Wildman–Crippen LogP) is 5.39. The van der Waals surface area contributed by atoms with Gasteiger partial charge in [0.25, 0.3) is 5.91 Å². The molecule has 2 aromatic rings. The van der Waals surface area contributed by atoms with Gasteiger partial charge in [-0.15, -0.1) is 0 Å². The Labute approximate surface area is 152 Å². The second-order valence-electron chi connectivity index (χ2n) is 5.48. The Morgan fingerprint density at radius 1 is 1.17 bits per heavy atom. The van der Waals surface area contributed by atoms with Crippen LogP contribution in [0.4, 0.5) is 11.4 Å². The number of carbonyl (C=O) groups excluding carboxylic acids is 1. The summed E-state index contributed by atoms with van der Waals surface area (Å²) in [5, 5.41) is 4.07. The van der Waals surface area contributed by atoms with Crippen LogP contribution in [0.2, 0.25) is 10.0 Å². The Kier molecular flexibility index (Phi) is 6.88. The molecule has 0 atom stereocenters. The molecule has 0 aliphatic heterocycles. The van der Waals surface area contributed by atoms with E-state index in [1.54, 1.807) is 24.5 Å². The molecule has 24 heavy (non-hydrogen) atoms. The minimum Gasteiger partial charge on any atom is -0.353 e. The fourth-order valence-electron chi connectivity index (χ4n) is 2.42. The molecule has 1 amide bonds. The Balaban J connectivity index is 2.22. The number of halogens is 2. The lowest BCUT2D eigenvalue weighted by molar-refractivity contribution is 0.0755. The monoisotopic (exact) mass is 365 g/mol. The number of hydrogen-bond donors (Lipinski definition) is 1. The molecular formula is C18H21Cl2N3O. The van der Waals surface area contributed by atoms with E-state index in [0.717, 1.165) is 25.9 Å². The van der Waals surface area contributed by atoms with Crippen LogP contribution in [0.1, 0.15) is 37.0 Å². The molecule has 0 unspecified atom stereocenters. The topological polar surface area (TPSA) is 45.2 Å². The van der Waals surface area contributed by atoms with Crippen molar-refractivity contribution >= 4 is 40.5 Å². The van der Waals surface area contributed by atoms with E-state index in [1.807, 2.05) is 17.0 Å². The molecule has 0 saturated heterocycles. The molecule has 0 aliphatic rings. The summed E-state index contributed by atoms with van der Waals surface area (Å²) in [5.41, 5.74) is 1.92. The van der Waals surface area contributed by atoms with Crippen LogP contribution in [0.3, 0.4) is 0 Å². The predicted molar refractivity (Wildman–Crippen MR) is 100 cm³/mol. The number of benzene rings is 1. The minimum atomic E-state index is -0.00737. The van der Waals surface area contributed by atoms with Gasteiger partial charge in [0.15, 0.2) is 0 Å². The van der Waals surface area contributed by atoms with Gasteiger partial charge in [0.1, 0.15) is 0 Å². The van der Waals surface area contributed by atoms with Gasteiger partial charge in [-0.25, -0.2) is 0 Å². The number of nitrogens with zero attached hydrogens (tertiary/aromatic N) is 2. The van der Waals surface area contributed by atoms with Crippen molar-refractivity contribution in [3.63, 3.8) is 0 Å². The highest BCUT2D eigenvalue weighted by Crippen LogP contribution is 2.31. The number of aromatic nitrogens is 1. The van der Waals surface area contributed by atoms with Crippen molar-refractivity contribution < 1.29 is 4.79 Å². The van der Waals surface area contributed by atoms with Gasteiger partial charge in [0.05, 0.1) is 33.2 Å². The van der Waals surface area contributed by atoms with Gasteiger partial charge in [-0.2, -0.15) is 0 Å². The van der Waals surface area contributed by atoms with Gasteiger partial charge >= 0.3 is 0 Å². The largest absolute Gasteiger partial charge is 0.353 e. The minimum absolute atomic E-state index is 0.00737. The normalized spacial score (nSPS) is 10.5. The van der Waals surface area contributed by atoms with Crippen molar-refractivity contribution in [2.45, 2.75) is 26.7 Å². The summed E-state index contributed by atoms with van der Waals surface area (Å²) in [6, 6.07) is 7.14. The zero-order chi connectivity index (χ0) is 17.5. The van der Waals surface area contributed by atoms with Crippen molar-refractivity contribution in [2.75, 3.05) is 18.4 Å². The van der Waals surface area contributed by atoms with E-state index in [0.29, 0.717) is 27.0 Å². The van der Waals surface area contributed by atoms with E-state index < -0.39 is 0 Å². The molecule has 0 aliphatic carbocycles. The van der Waals surface area contributed by atoms with Crippen LogP contribution < -0.4 is 5.32 Å². The van der Waals surface area contributed by atoms with Gasteiger partial charge in [0.2, 0.25) is 0 Å². The Hall–Kier alpha value is -1.78. The fraction of sp³-hybridized carbons (Fsp3) is 0.333. The zero-order valence-electron chi connectivity index (χ0n) is 13.9. The van der Waals surface area contributed by atoms with Crippen molar-refractivity contribution in [3.8, 4) is 0 Å². The van der Waals surface area contributed by atoms with Crippen molar-refractivity contribution in [3.05, 3.63) is 52.3 Å². The van der Waals surface area contributed by atoms with E-state index in [9.17, 15) is 4.79 Å². The molecule has 0 radical (unpaired) electrons. The Morgan fingerprint density at radius 3 is 2.54 bits per heavy atom. The molecule has 0 bridgehead atoms. The Morgan fingerprint density at radius 2 is 1.88 bits per heavy atom. The summed E-state index contributed by atoms with van der Waals surface area (Å²) < 4.78 is 0. The van der Waals surface area contributed by atoms with E-state index in [-0.39, 0.29) is 5.91 Å². The number of anilines is 2. The van der Waals surface area contributed by atoms with E-state index >= 15 is 0 Å². The SMILES string of the molecule is CCCN(CCC)C(=O)c1cncc(Nc2cccc(Cl)c2Cl)c1. The summed E-state index contributed by atoms with van der Waals surface area (Å²) >= 11 is 12.2. The summed E-state index contributed by atoms with van der Waals surface area (Å²) in [6.45, 7) is 5.61. The first-order chi connectivity index (χ1) is 11.6. The summed E-state index contributed by atoms with van der Waals surface area (Å²) in [4.78, 5) is 18.7. The van der Waals surface area contributed by atoms with E-state index in [1.165, 1.54) is 0 Å². The van der Waals surface area contributed by atoms with Crippen LogP contribution in [-0.2, 0) is 0 Å². The highest BCUT2D eigenvalue weighted by atomic mass is 35.5. The standard InChI is InChI=1S/C18H21Cl2N3O/c1-3-8-23(9-4-2)18(24)13-10-14(12-21-11-13)22-16-7-5-6-15(19)17(16)20/h5-7,10-12,22H,3-4,8-9H2,1-2H3. The molecule has 0 saturated carbocycles. The fourth-order valence-corrected chi connectivity index (χ4v) is 2.77.